The lowest BCUT2D eigenvalue weighted by atomic mass is 10.1. The molecule has 0 saturated carbocycles. The number of fused-ring (bicyclic) bond motifs is 1. The van der Waals surface area contributed by atoms with Gasteiger partial charge in [0.15, 0.2) is 0 Å². The molecule has 0 spiro atoms. The van der Waals surface area contributed by atoms with Gasteiger partial charge in [0.05, 0.1) is 18.7 Å². The van der Waals surface area contributed by atoms with Gasteiger partial charge in [0, 0.05) is 50.7 Å². The molecule has 1 atom stereocenters. The third-order valence-electron chi connectivity index (χ3n) is 4.52. The number of ether oxygens (including phenoxy) is 1. The van der Waals surface area contributed by atoms with E-state index in [1.165, 1.54) is 0 Å². The lowest BCUT2D eigenvalue weighted by Crippen LogP contribution is -2.43. The third kappa shape index (κ3) is 4.10. The fourth-order valence-corrected chi connectivity index (χ4v) is 3.20. The van der Waals surface area contributed by atoms with Crippen LogP contribution < -0.4 is 0 Å². The summed E-state index contributed by atoms with van der Waals surface area (Å²) < 4.78 is 5.36. The van der Waals surface area contributed by atoms with Gasteiger partial charge in [-0.25, -0.2) is 0 Å². The van der Waals surface area contributed by atoms with Crippen molar-refractivity contribution in [1.82, 2.24) is 14.8 Å². The van der Waals surface area contributed by atoms with E-state index in [0.717, 1.165) is 49.3 Å². The Morgan fingerprint density at radius 1 is 1.33 bits per heavy atom. The SMILES string of the molecule is C[C@H](CN1CCOCC1)C(=O)N(C)Cc1ccc2ncccc2c1. The lowest BCUT2D eigenvalue weighted by molar-refractivity contribution is -0.135. The largest absolute Gasteiger partial charge is 0.379 e. The van der Waals surface area contributed by atoms with E-state index >= 15 is 0 Å². The molecule has 2 aromatic rings. The quantitative estimate of drug-likeness (QED) is 0.844. The number of rotatable bonds is 5. The summed E-state index contributed by atoms with van der Waals surface area (Å²) in [6.45, 7) is 6.80. The Labute approximate surface area is 143 Å². The normalized spacial score (nSPS) is 16.9. The molecule has 1 fully saturated rings. The number of hydrogen-bond acceptors (Lipinski definition) is 4. The van der Waals surface area contributed by atoms with Crippen LogP contribution in [0.15, 0.2) is 36.5 Å². The fourth-order valence-electron chi connectivity index (χ4n) is 3.20. The highest BCUT2D eigenvalue weighted by atomic mass is 16.5. The van der Waals surface area contributed by atoms with Crippen molar-refractivity contribution in [3.05, 3.63) is 42.1 Å². The summed E-state index contributed by atoms with van der Waals surface area (Å²) in [4.78, 5) is 21.1. The fraction of sp³-hybridized carbons (Fsp3) is 0.474. The molecule has 2 heterocycles. The molecule has 0 radical (unpaired) electrons. The summed E-state index contributed by atoms with van der Waals surface area (Å²) in [6, 6.07) is 10.2. The van der Waals surface area contributed by atoms with Gasteiger partial charge < -0.3 is 9.64 Å². The van der Waals surface area contributed by atoms with Gasteiger partial charge in [-0.15, -0.1) is 0 Å². The molecule has 0 unspecified atom stereocenters. The Balaban J connectivity index is 1.59. The van der Waals surface area contributed by atoms with Crippen molar-refractivity contribution in [2.45, 2.75) is 13.5 Å². The molecule has 128 valence electrons. The Kier molecular flexibility index (Phi) is 5.43. The van der Waals surface area contributed by atoms with Crippen molar-refractivity contribution >= 4 is 16.8 Å². The van der Waals surface area contributed by atoms with Crippen LogP contribution in [0.5, 0.6) is 0 Å². The van der Waals surface area contributed by atoms with Crippen LogP contribution in [-0.2, 0) is 16.1 Å². The second-order valence-corrected chi connectivity index (χ2v) is 6.54. The van der Waals surface area contributed by atoms with Crippen molar-refractivity contribution in [1.29, 1.82) is 0 Å². The van der Waals surface area contributed by atoms with Crippen LogP contribution >= 0.6 is 0 Å². The number of amides is 1. The van der Waals surface area contributed by atoms with Crippen molar-refractivity contribution in [2.75, 3.05) is 39.9 Å². The minimum Gasteiger partial charge on any atom is -0.379 e. The Bertz CT molecular complexity index is 698. The van der Waals surface area contributed by atoms with Crippen LogP contribution in [0.1, 0.15) is 12.5 Å². The van der Waals surface area contributed by atoms with Crippen molar-refractivity contribution in [3.8, 4) is 0 Å². The van der Waals surface area contributed by atoms with E-state index in [0.29, 0.717) is 6.54 Å². The lowest BCUT2D eigenvalue weighted by Gasteiger charge is -2.30. The molecule has 1 aromatic heterocycles. The van der Waals surface area contributed by atoms with E-state index in [4.69, 9.17) is 4.74 Å². The number of carbonyl (C=O) groups is 1. The smallest absolute Gasteiger partial charge is 0.226 e. The molecule has 1 aliphatic rings. The standard InChI is InChI=1S/C19H25N3O2/c1-15(13-22-8-10-24-11-9-22)19(23)21(2)14-16-5-6-18-17(12-16)4-3-7-20-18/h3-7,12,15H,8-11,13-14H2,1-2H3/t15-/m1/s1. The minimum absolute atomic E-state index is 0.00442. The predicted octanol–water partition coefficient (Wildman–Crippen LogP) is 2.16. The van der Waals surface area contributed by atoms with Crippen LogP contribution in [0.4, 0.5) is 0 Å². The zero-order valence-corrected chi connectivity index (χ0v) is 14.4. The van der Waals surface area contributed by atoms with Gasteiger partial charge in [-0.05, 0) is 23.8 Å². The van der Waals surface area contributed by atoms with E-state index in [-0.39, 0.29) is 11.8 Å². The van der Waals surface area contributed by atoms with Crippen LogP contribution in [0.3, 0.4) is 0 Å². The monoisotopic (exact) mass is 327 g/mol. The summed E-state index contributed by atoms with van der Waals surface area (Å²) in [5.41, 5.74) is 2.11. The number of hydrogen-bond donors (Lipinski definition) is 0. The van der Waals surface area contributed by atoms with E-state index in [1.54, 1.807) is 6.20 Å². The summed E-state index contributed by atoms with van der Waals surface area (Å²) in [7, 11) is 1.88. The number of pyridine rings is 1. The first-order chi connectivity index (χ1) is 11.6. The summed E-state index contributed by atoms with van der Waals surface area (Å²) in [6.07, 6.45) is 1.80. The first kappa shape index (κ1) is 16.9. The molecule has 0 aliphatic carbocycles. The third-order valence-corrected chi connectivity index (χ3v) is 4.52. The van der Waals surface area contributed by atoms with Gasteiger partial charge in [-0.2, -0.15) is 0 Å². The molecule has 1 aliphatic heterocycles. The zero-order valence-electron chi connectivity index (χ0n) is 14.4. The Hall–Kier alpha value is -1.98. The van der Waals surface area contributed by atoms with Gasteiger partial charge in [0.25, 0.3) is 0 Å². The molecule has 5 heteroatoms. The molecule has 0 bridgehead atoms. The molecule has 0 N–H and O–H groups in total. The highest BCUT2D eigenvalue weighted by Crippen LogP contribution is 2.15. The second kappa shape index (κ2) is 7.73. The van der Waals surface area contributed by atoms with Crippen molar-refractivity contribution < 1.29 is 9.53 Å². The van der Waals surface area contributed by atoms with Gasteiger partial charge in [-0.3, -0.25) is 14.7 Å². The van der Waals surface area contributed by atoms with Gasteiger partial charge in [0.2, 0.25) is 5.91 Å². The maximum atomic E-state index is 12.6. The number of aromatic nitrogens is 1. The average molecular weight is 327 g/mol. The number of morpholine rings is 1. The van der Waals surface area contributed by atoms with Crippen LogP contribution in [0.2, 0.25) is 0 Å². The number of carbonyl (C=O) groups excluding carboxylic acids is 1. The Morgan fingerprint density at radius 2 is 2.12 bits per heavy atom. The van der Waals surface area contributed by atoms with E-state index < -0.39 is 0 Å². The predicted molar refractivity (Wildman–Crippen MR) is 94.6 cm³/mol. The van der Waals surface area contributed by atoms with Crippen LogP contribution in [0, 0.1) is 5.92 Å². The molecule has 24 heavy (non-hydrogen) atoms. The van der Waals surface area contributed by atoms with Crippen molar-refractivity contribution in [3.63, 3.8) is 0 Å². The maximum Gasteiger partial charge on any atom is 0.226 e. The first-order valence-electron chi connectivity index (χ1n) is 8.52. The molecule has 1 amide bonds. The van der Waals surface area contributed by atoms with Crippen LogP contribution in [-0.4, -0.2) is 60.6 Å². The number of benzene rings is 1. The van der Waals surface area contributed by atoms with E-state index in [2.05, 4.69) is 22.0 Å². The molecular weight excluding hydrogens is 302 g/mol. The first-order valence-corrected chi connectivity index (χ1v) is 8.52. The summed E-state index contributed by atoms with van der Waals surface area (Å²) >= 11 is 0. The molecule has 3 rings (SSSR count). The molecule has 1 aromatic carbocycles. The maximum absolute atomic E-state index is 12.6. The summed E-state index contributed by atoms with van der Waals surface area (Å²) in [5.74, 6) is 0.183. The zero-order chi connectivity index (χ0) is 16.9. The highest BCUT2D eigenvalue weighted by molar-refractivity contribution is 5.80. The Morgan fingerprint density at radius 3 is 2.92 bits per heavy atom. The van der Waals surface area contributed by atoms with Crippen LogP contribution in [0.25, 0.3) is 10.9 Å². The molecule has 5 nitrogen and oxygen atoms in total. The summed E-state index contributed by atoms with van der Waals surface area (Å²) in [5, 5.41) is 1.11. The van der Waals surface area contributed by atoms with Crippen molar-refractivity contribution in [2.24, 2.45) is 5.92 Å². The van der Waals surface area contributed by atoms with E-state index in [1.807, 2.05) is 37.1 Å². The van der Waals surface area contributed by atoms with Gasteiger partial charge >= 0.3 is 0 Å². The second-order valence-electron chi connectivity index (χ2n) is 6.54. The number of nitrogens with zero attached hydrogens (tertiary/aromatic N) is 3. The van der Waals surface area contributed by atoms with E-state index in [9.17, 15) is 4.79 Å². The highest BCUT2D eigenvalue weighted by Gasteiger charge is 2.21. The molecule has 1 saturated heterocycles. The minimum atomic E-state index is -0.00442. The topological polar surface area (TPSA) is 45.7 Å². The average Bonchev–Trinajstić information content (AvgIpc) is 2.61. The van der Waals surface area contributed by atoms with Gasteiger partial charge in [0.1, 0.15) is 0 Å². The molecular formula is C19H25N3O2. The van der Waals surface area contributed by atoms with Gasteiger partial charge in [-0.1, -0.05) is 19.1 Å².